The van der Waals surface area contributed by atoms with E-state index in [1.54, 1.807) is 0 Å². The summed E-state index contributed by atoms with van der Waals surface area (Å²) < 4.78 is 0. The van der Waals surface area contributed by atoms with Gasteiger partial charge in [-0.25, -0.2) is 0 Å². The summed E-state index contributed by atoms with van der Waals surface area (Å²) in [5, 5.41) is 15.7. The van der Waals surface area contributed by atoms with Crippen LogP contribution in [0.1, 0.15) is 30.6 Å². The number of non-ortho nitro benzene ring substituents is 1. The van der Waals surface area contributed by atoms with Crippen LogP contribution in [0.3, 0.4) is 0 Å². The fraction of sp³-hybridized carbons (Fsp3) is 0.385. The molecule has 1 atom stereocenters. The van der Waals surface area contributed by atoms with Crippen molar-refractivity contribution >= 4 is 17.5 Å². The maximum absolute atomic E-state index is 11.8. The summed E-state index contributed by atoms with van der Waals surface area (Å²) in [7, 11) is 0. The molecule has 0 aromatic heterocycles. The first kappa shape index (κ1) is 15.6. The second kappa shape index (κ2) is 7.22. The van der Waals surface area contributed by atoms with E-state index in [0.29, 0.717) is 0 Å². The molecule has 0 fully saturated rings. The zero-order chi connectivity index (χ0) is 15.1. The Bertz CT molecular complexity index is 516. The van der Waals surface area contributed by atoms with Crippen LogP contribution in [0, 0.1) is 10.1 Å². The van der Waals surface area contributed by atoms with Crippen LogP contribution in [0.5, 0.6) is 0 Å². The van der Waals surface area contributed by atoms with Gasteiger partial charge in [-0.1, -0.05) is 13.0 Å². The molecule has 2 amide bonds. The Labute approximate surface area is 116 Å². The van der Waals surface area contributed by atoms with Crippen molar-refractivity contribution in [3.63, 3.8) is 0 Å². The number of carbonyl (C=O) groups excluding carboxylic acids is 2. The highest BCUT2D eigenvalue weighted by Gasteiger charge is 2.12. The Kier molecular flexibility index (Phi) is 5.64. The molecule has 0 aliphatic heterocycles. The molecule has 0 radical (unpaired) electrons. The van der Waals surface area contributed by atoms with Gasteiger partial charge in [0.15, 0.2) is 0 Å². The van der Waals surface area contributed by atoms with E-state index in [0.717, 1.165) is 6.42 Å². The number of carbonyl (C=O) groups is 2. The second-order valence-corrected chi connectivity index (χ2v) is 4.37. The lowest BCUT2D eigenvalue weighted by atomic mass is 10.2. The molecule has 0 bridgehead atoms. The predicted octanol–water partition coefficient (Wildman–Crippen LogP) is 1.24. The topological polar surface area (TPSA) is 101 Å². The highest BCUT2D eigenvalue weighted by atomic mass is 16.6. The van der Waals surface area contributed by atoms with Crippen molar-refractivity contribution in [2.24, 2.45) is 0 Å². The molecular weight excluding hydrogens is 262 g/mol. The van der Waals surface area contributed by atoms with Gasteiger partial charge in [0.2, 0.25) is 5.91 Å². The molecule has 0 saturated heterocycles. The molecule has 0 spiro atoms. The fourth-order valence-electron chi connectivity index (χ4n) is 1.45. The number of benzene rings is 1. The maximum atomic E-state index is 11.8. The van der Waals surface area contributed by atoms with Gasteiger partial charge in [0.1, 0.15) is 0 Å². The van der Waals surface area contributed by atoms with E-state index < -0.39 is 10.8 Å². The molecule has 108 valence electrons. The normalized spacial score (nSPS) is 11.5. The van der Waals surface area contributed by atoms with Crippen LogP contribution in [0.15, 0.2) is 24.3 Å². The van der Waals surface area contributed by atoms with Crippen LogP contribution in [-0.2, 0) is 4.79 Å². The molecule has 20 heavy (non-hydrogen) atoms. The molecule has 7 heteroatoms. The lowest BCUT2D eigenvalue weighted by molar-refractivity contribution is -0.384. The number of amides is 2. The van der Waals surface area contributed by atoms with Gasteiger partial charge in [0, 0.05) is 23.7 Å². The molecule has 7 nitrogen and oxygen atoms in total. The standard InChI is InChI=1S/C13H17N3O4/c1-3-9(2)15-12(17)8-14-13(18)10-5-4-6-11(7-10)16(19)20/h4-7,9H,3,8H2,1-2H3,(H,14,18)(H,15,17). The number of rotatable bonds is 6. The van der Waals surface area contributed by atoms with E-state index in [-0.39, 0.29) is 29.7 Å². The fourth-order valence-corrected chi connectivity index (χ4v) is 1.45. The smallest absolute Gasteiger partial charge is 0.270 e. The molecule has 1 rings (SSSR count). The zero-order valence-electron chi connectivity index (χ0n) is 11.4. The Morgan fingerprint density at radius 3 is 2.70 bits per heavy atom. The van der Waals surface area contributed by atoms with Gasteiger partial charge in [-0.2, -0.15) is 0 Å². The Morgan fingerprint density at radius 1 is 1.40 bits per heavy atom. The lowest BCUT2D eigenvalue weighted by Gasteiger charge is -2.11. The monoisotopic (exact) mass is 279 g/mol. The van der Waals surface area contributed by atoms with Gasteiger partial charge in [-0.3, -0.25) is 19.7 Å². The predicted molar refractivity (Wildman–Crippen MR) is 73.3 cm³/mol. The quantitative estimate of drug-likeness (QED) is 0.604. The zero-order valence-corrected chi connectivity index (χ0v) is 11.4. The Balaban J connectivity index is 2.57. The van der Waals surface area contributed by atoms with E-state index in [9.17, 15) is 19.7 Å². The number of nitrogens with zero attached hydrogens (tertiary/aromatic N) is 1. The summed E-state index contributed by atoms with van der Waals surface area (Å²) in [4.78, 5) is 33.3. The number of hydrogen-bond donors (Lipinski definition) is 2. The van der Waals surface area contributed by atoms with E-state index >= 15 is 0 Å². The molecular formula is C13H17N3O4. The van der Waals surface area contributed by atoms with Gasteiger partial charge in [-0.05, 0) is 19.4 Å². The Morgan fingerprint density at radius 2 is 2.10 bits per heavy atom. The summed E-state index contributed by atoms with van der Waals surface area (Å²) in [5.74, 6) is -0.814. The molecule has 0 saturated carbocycles. The molecule has 0 aliphatic rings. The van der Waals surface area contributed by atoms with Crippen molar-refractivity contribution in [3.05, 3.63) is 39.9 Å². The van der Waals surface area contributed by atoms with Crippen molar-refractivity contribution in [3.8, 4) is 0 Å². The van der Waals surface area contributed by atoms with Gasteiger partial charge in [0.25, 0.3) is 11.6 Å². The van der Waals surface area contributed by atoms with E-state index in [1.807, 2.05) is 13.8 Å². The first-order valence-corrected chi connectivity index (χ1v) is 6.26. The van der Waals surface area contributed by atoms with Crippen LogP contribution in [0.4, 0.5) is 5.69 Å². The van der Waals surface area contributed by atoms with Crippen molar-refractivity contribution in [2.75, 3.05) is 6.54 Å². The molecule has 0 heterocycles. The van der Waals surface area contributed by atoms with Crippen molar-refractivity contribution in [1.29, 1.82) is 0 Å². The van der Waals surface area contributed by atoms with Gasteiger partial charge < -0.3 is 10.6 Å². The minimum Gasteiger partial charge on any atom is -0.352 e. The van der Waals surface area contributed by atoms with Gasteiger partial charge >= 0.3 is 0 Å². The average molecular weight is 279 g/mol. The third kappa shape index (κ3) is 4.68. The van der Waals surface area contributed by atoms with Crippen molar-refractivity contribution in [2.45, 2.75) is 26.3 Å². The van der Waals surface area contributed by atoms with Crippen LogP contribution in [0.25, 0.3) is 0 Å². The first-order chi connectivity index (χ1) is 9.43. The number of nitro benzene ring substituents is 1. The number of nitro groups is 1. The third-order valence-electron chi connectivity index (χ3n) is 2.75. The third-order valence-corrected chi connectivity index (χ3v) is 2.75. The summed E-state index contributed by atoms with van der Waals surface area (Å²) in [5.41, 5.74) is -0.0164. The second-order valence-electron chi connectivity index (χ2n) is 4.37. The van der Waals surface area contributed by atoms with Crippen LogP contribution in [-0.4, -0.2) is 29.3 Å². The molecule has 0 aliphatic carbocycles. The van der Waals surface area contributed by atoms with E-state index in [2.05, 4.69) is 10.6 Å². The minimum atomic E-state index is -0.577. The van der Waals surface area contributed by atoms with Crippen molar-refractivity contribution in [1.82, 2.24) is 10.6 Å². The molecule has 1 unspecified atom stereocenters. The average Bonchev–Trinajstić information content (AvgIpc) is 2.44. The Hall–Kier alpha value is -2.44. The molecule has 1 aromatic rings. The lowest BCUT2D eigenvalue weighted by Crippen LogP contribution is -2.40. The van der Waals surface area contributed by atoms with Gasteiger partial charge in [-0.15, -0.1) is 0 Å². The number of hydrogen-bond acceptors (Lipinski definition) is 4. The minimum absolute atomic E-state index is 0.0391. The summed E-state index contributed by atoms with van der Waals surface area (Å²) in [6, 6.07) is 5.38. The van der Waals surface area contributed by atoms with Crippen LogP contribution < -0.4 is 10.6 Å². The summed E-state index contributed by atoms with van der Waals surface area (Å²) in [6.45, 7) is 3.64. The number of nitrogens with one attached hydrogen (secondary N) is 2. The van der Waals surface area contributed by atoms with Crippen molar-refractivity contribution < 1.29 is 14.5 Å². The SMILES string of the molecule is CCC(C)NC(=O)CNC(=O)c1cccc([N+](=O)[O-])c1. The van der Waals surface area contributed by atoms with E-state index in [4.69, 9.17) is 0 Å². The largest absolute Gasteiger partial charge is 0.352 e. The highest BCUT2D eigenvalue weighted by Crippen LogP contribution is 2.12. The molecule has 1 aromatic carbocycles. The van der Waals surface area contributed by atoms with Crippen LogP contribution in [0.2, 0.25) is 0 Å². The van der Waals surface area contributed by atoms with Gasteiger partial charge in [0.05, 0.1) is 11.5 Å². The summed E-state index contributed by atoms with van der Waals surface area (Å²) in [6.07, 6.45) is 0.796. The highest BCUT2D eigenvalue weighted by molar-refractivity contribution is 5.96. The maximum Gasteiger partial charge on any atom is 0.270 e. The molecule has 2 N–H and O–H groups in total. The van der Waals surface area contributed by atoms with Crippen LogP contribution >= 0.6 is 0 Å². The first-order valence-electron chi connectivity index (χ1n) is 6.26. The summed E-state index contributed by atoms with van der Waals surface area (Å²) >= 11 is 0. The van der Waals surface area contributed by atoms with E-state index in [1.165, 1.54) is 24.3 Å².